The van der Waals surface area contributed by atoms with Gasteiger partial charge in [0.15, 0.2) is 11.5 Å². The van der Waals surface area contributed by atoms with E-state index in [0.29, 0.717) is 28.3 Å². The molecule has 1 aliphatic heterocycles. The molecule has 2 heterocycles. The van der Waals surface area contributed by atoms with E-state index in [0.717, 1.165) is 5.56 Å². The second-order valence-corrected chi connectivity index (χ2v) is 7.27. The Hall–Kier alpha value is -3.87. The molecular weight excluding hydrogens is 394 g/mol. The van der Waals surface area contributed by atoms with Crippen LogP contribution >= 0.6 is 0 Å². The van der Waals surface area contributed by atoms with E-state index in [1.165, 1.54) is 0 Å². The quantitative estimate of drug-likeness (QED) is 0.685. The molecule has 0 aliphatic carbocycles. The molecule has 0 spiro atoms. The molecule has 4 rings (SSSR count). The van der Waals surface area contributed by atoms with E-state index < -0.39 is 12.0 Å². The number of amides is 2. The van der Waals surface area contributed by atoms with Crippen LogP contribution in [0.25, 0.3) is 0 Å². The lowest BCUT2D eigenvalue weighted by molar-refractivity contribution is -0.119. The number of hydrogen-bond donors (Lipinski definition) is 1. The van der Waals surface area contributed by atoms with Gasteiger partial charge in [0, 0.05) is 18.8 Å². The summed E-state index contributed by atoms with van der Waals surface area (Å²) in [5.41, 5.74) is 2.57. The van der Waals surface area contributed by atoms with Crippen LogP contribution in [0, 0.1) is 0 Å². The summed E-state index contributed by atoms with van der Waals surface area (Å²) in [4.78, 5) is 32.3. The van der Waals surface area contributed by atoms with Gasteiger partial charge in [0.1, 0.15) is 0 Å². The number of ether oxygens (including phenoxy) is 2. The van der Waals surface area contributed by atoms with Gasteiger partial charge >= 0.3 is 0 Å². The molecule has 31 heavy (non-hydrogen) atoms. The molecule has 2 amide bonds. The van der Waals surface area contributed by atoms with E-state index in [1.54, 1.807) is 68.9 Å². The summed E-state index contributed by atoms with van der Waals surface area (Å²) in [6.45, 7) is 0. The van der Waals surface area contributed by atoms with Gasteiger partial charge in [-0.3, -0.25) is 14.6 Å². The Balaban J connectivity index is 1.83. The highest BCUT2D eigenvalue weighted by Crippen LogP contribution is 2.44. The van der Waals surface area contributed by atoms with Gasteiger partial charge in [-0.15, -0.1) is 0 Å². The fourth-order valence-corrected chi connectivity index (χ4v) is 4.07. The van der Waals surface area contributed by atoms with Gasteiger partial charge in [-0.2, -0.15) is 0 Å². The number of rotatable bonds is 5. The molecule has 1 aromatic heterocycles. The van der Waals surface area contributed by atoms with Gasteiger partial charge in [-0.25, -0.2) is 0 Å². The maximum absolute atomic E-state index is 13.5. The first-order valence-corrected chi connectivity index (χ1v) is 9.84. The number of carbonyl (C=O) groups excluding carboxylic acids is 2. The first kappa shape index (κ1) is 20.4. The lowest BCUT2D eigenvalue weighted by Crippen LogP contribution is -2.44. The molecule has 1 aliphatic rings. The van der Waals surface area contributed by atoms with E-state index in [1.807, 2.05) is 24.3 Å². The van der Waals surface area contributed by atoms with Crippen molar-refractivity contribution in [3.63, 3.8) is 0 Å². The number of methoxy groups -OCH3 is 2. The third-order valence-electron chi connectivity index (χ3n) is 5.54. The molecule has 0 radical (unpaired) electrons. The highest BCUT2D eigenvalue weighted by molar-refractivity contribution is 6.04. The largest absolute Gasteiger partial charge is 0.493 e. The maximum Gasteiger partial charge on any atom is 0.254 e. The molecule has 3 aromatic rings. The SMILES string of the molecule is COc1ccc([C@H]2[C@H](C(=O)Nc3cccnc3)c3ccccc3C(=O)N2C)cc1OC. The highest BCUT2D eigenvalue weighted by Gasteiger charge is 2.42. The third kappa shape index (κ3) is 3.70. The van der Waals surface area contributed by atoms with Crippen molar-refractivity contribution in [1.82, 2.24) is 9.88 Å². The lowest BCUT2D eigenvalue weighted by Gasteiger charge is -2.39. The fraction of sp³-hybridized carbons (Fsp3) is 0.208. The van der Waals surface area contributed by atoms with Crippen molar-refractivity contribution >= 4 is 17.5 Å². The molecule has 0 fully saturated rings. The van der Waals surface area contributed by atoms with Gasteiger partial charge < -0.3 is 19.7 Å². The van der Waals surface area contributed by atoms with E-state index in [2.05, 4.69) is 10.3 Å². The summed E-state index contributed by atoms with van der Waals surface area (Å²) in [7, 11) is 4.83. The van der Waals surface area contributed by atoms with Crippen molar-refractivity contribution in [3.8, 4) is 11.5 Å². The van der Waals surface area contributed by atoms with Crippen molar-refractivity contribution < 1.29 is 19.1 Å². The molecular formula is C24H23N3O4. The molecule has 0 bridgehead atoms. The molecule has 2 atom stereocenters. The van der Waals surface area contributed by atoms with Crippen LogP contribution in [0.15, 0.2) is 67.0 Å². The monoisotopic (exact) mass is 417 g/mol. The van der Waals surface area contributed by atoms with Crippen LogP contribution in [0.1, 0.15) is 33.4 Å². The minimum absolute atomic E-state index is 0.138. The van der Waals surface area contributed by atoms with Crippen LogP contribution in [0.2, 0.25) is 0 Å². The van der Waals surface area contributed by atoms with Crippen LogP contribution in [0.5, 0.6) is 11.5 Å². The van der Waals surface area contributed by atoms with Gasteiger partial charge in [0.2, 0.25) is 5.91 Å². The van der Waals surface area contributed by atoms with Crippen molar-refractivity contribution in [3.05, 3.63) is 83.7 Å². The summed E-state index contributed by atoms with van der Waals surface area (Å²) in [5, 5.41) is 2.94. The molecule has 1 N–H and O–H groups in total. The normalized spacial score (nSPS) is 17.6. The zero-order valence-corrected chi connectivity index (χ0v) is 17.5. The van der Waals surface area contributed by atoms with Crippen molar-refractivity contribution in [1.29, 1.82) is 0 Å². The van der Waals surface area contributed by atoms with Crippen LogP contribution in [-0.2, 0) is 4.79 Å². The summed E-state index contributed by atoms with van der Waals surface area (Å²) in [6.07, 6.45) is 3.23. The Kier molecular flexibility index (Phi) is 5.58. The number of benzene rings is 2. The first-order valence-electron chi connectivity index (χ1n) is 9.84. The topological polar surface area (TPSA) is 80.8 Å². The van der Waals surface area contributed by atoms with Crippen molar-refractivity contribution in [2.75, 3.05) is 26.6 Å². The standard InChI is InChI=1S/C24H23N3O4/c1-27-22(15-10-11-19(30-2)20(13-15)31-3)21(17-8-4-5-9-18(17)24(27)29)23(28)26-16-7-6-12-25-14-16/h4-14,21-22H,1-3H3,(H,26,28)/t21-,22+/m1/s1. The van der Waals surface area contributed by atoms with Gasteiger partial charge in [0.05, 0.1) is 38.1 Å². The molecule has 2 aromatic carbocycles. The van der Waals surface area contributed by atoms with Crippen LogP contribution in [0.4, 0.5) is 5.69 Å². The number of likely N-dealkylation sites (N-methyl/N-ethyl adjacent to an activating group) is 1. The number of nitrogens with one attached hydrogen (secondary N) is 1. The number of nitrogens with zero attached hydrogens (tertiary/aromatic N) is 2. The van der Waals surface area contributed by atoms with Gasteiger partial charge in [-0.1, -0.05) is 24.3 Å². The molecule has 0 saturated carbocycles. The second kappa shape index (κ2) is 8.47. The van der Waals surface area contributed by atoms with Gasteiger partial charge in [-0.05, 0) is 41.5 Å². The van der Waals surface area contributed by atoms with E-state index in [9.17, 15) is 9.59 Å². The van der Waals surface area contributed by atoms with Crippen LogP contribution < -0.4 is 14.8 Å². The fourth-order valence-electron chi connectivity index (χ4n) is 4.07. The number of fused-ring (bicyclic) bond motifs is 1. The third-order valence-corrected chi connectivity index (χ3v) is 5.54. The smallest absolute Gasteiger partial charge is 0.254 e. The summed E-state index contributed by atoms with van der Waals surface area (Å²) in [6, 6.07) is 15.7. The number of carbonyl (C=O) groups is 2. The van der Waals surface area contributed by atoms with E-state index >= 15 is 0 Å². The second-order valence-electron chi connectivity index (χ2n) is 7.27. The number of pyridine rings is 1. The predicted molar refractivity (Wildman–Crippen MR) is 116 cm³/mol. The number of aromatic nitrogens is 1. The molecule has 7 nitrogen and oxygen atoms in total. The first-order chi connectivity index (χ1) is 15.0. The van der Waals surface area contributed by atoms with E-state index in [-0.39, 0.29) is 11.8 Å². The number of hydrogen-bond acceptors (Lipinski definition) is 5. The minimum Gasteiger partial charge on any atom is -0.493 e. The molecule has 7 heteroatoms. The Morgan fingerprint density at radius 1 is 1.03 bits per heavy atom. The number of anilines is 1. The average molecular weight is 417 g/mol. The Bertz CT molecular complexity index is 1120. The maximum atomic E-state index is 13.5. The zero-order chi connectivity index (χ0) is 22.0. The average Bonchev–Trinajstić information content (AvgIpc) is 2.81. The van der Waals surface area contributed by atoms with E-state index in [4.69, 9.17) is 9.47 Å². The molecule has 158 valence electrons. The lowest BCUT2D eigenvalue weighted by atomic mass is 9.79. The van der Waals surface area contributed by atoms with Crippen molar-refractivity contribution in [2.24, 2.45) is 0 Å². The van der Waals surface area contributed by atoms with Crippen LogP contribution in [-0.4, -0.2) is 43.0 Å². The minimum atomic E-state index is -0.628. The Morgan fingerprint density at radius 2 is 1.81 bits per heavy atom. The molecule has 0 saturated heterocycles. The Morgan fingerprint density at radius 3 is 2.52 bits per heavy atom. The summed E-state index contributed by atoms with van der Waals surface area (Å²) < 4.78 is 10.8. The Labute approximate surface area is 180 Å². The van der Waals surface area contributed by atoms with Gasteiger partial charge in [0.25, 0.3) is 5.91 Å². The predicted octanol–water partition coefficient (Wildman–Crippen LogP) is 3.65. The van der Waals surface area contributed by atoms with Crippen molar-refractivity contribution in [2.45, 2.75) is 12.0 Å². The van der Waals surface area contributed by atoms with Crippen LogP contribution in [0.3, 0.4) is 0 Å². The molecule has 0 unspecified atom stereocenters. The summed E-state index contributed by atoms with van der Waals surface area (Å²) >= 11 is 0. The summed E-state index contributed by atoms with van der Waals surface area (Å²) in [5.74, 6) is 0.122. The zero-order valence-electron chi connectivity index (χ0n) is 17.5. The highest BCUT2D eigenvalue weighted by atomic mass is 16.5.